The third-order valence-corrected chi connectivity index (χ3v) is 4.08. The van der Waals surface area contributed by atoms with Crippen molar-refractivity contribution < 1.29 is 0 Å². The van der Waals surface area contributed by atoms with Gasteiger partial charge in [-0.3, -0.25) is 9.97 Å². The summed E-state index contributed by atoms with van der Waals surface area (Å²) in [7, 11) is 0. The summed E-state index contributed by atoms with van der Waals surface area (Å²) in [6.07, 6.45) is 6.93. The molecule has 0 fully saturated rings. The Hall–Kier alpha value is -3.74. The zero-order chi connectivity index (χ0) is 18.6. The maximum atomic E-state index is 5.98. The third kappa shape index (κ3) is 3.92. The molecular formula is C20H19N7. The summed E-state index contributed by atoms with van der Waals surface area (Å²) in [5.74, 6) is 1.49. The summed E-state index contributed by atoms with van der Waals surface area (Å²) in [5, 5.41) is 7.55. The Balaban J connectivity index is 1.50. The van der Waals surface area contributed by atoms with Gasteiger partial charge in [0.2, 0.25) is 0 Å². The number of anilines is 4. The lowest BCUT2D eigenvalue weighted by atomic mass is 10.1. The largest absolute Gasteiger partial charge is 0.381 e. The van der Waals surface area contributed by atoms with E-state index < -0.39 is 0 Å². The number of nitrogens with one attached hydrogen (secondary N) is 2. The molecule has 4 N–H and O–H groups in total. The van der Waals surface area contributed by atoms with Crippen LogP contribution >= 0.6 is 0 Å². The van der Waals surface area contributed by atoms with E-state index in [1.54, 1.807) is 24.8 Å². The summed E-state index contributed by atoms with van der Waals surface area (Å²) in [6, 6.07) is 12.1. The second-order valence-corrected chi connectivity index (χ2v) is 6.25. The van der Waals surface area contributed by atoms with E-state index in [0.29, 0.717) is 24.0 Å². The molecule has 0 aliphatic rings. The fourth-order valence-corrected chi connectivity index (χ4v) is 2.78. The van der Waals surface area contributed by atoms with E-state index in [1.807, 2.05) is 37.3 Å². The number of nitrogen functional groups attached to an aromatic ring is 1. The summed E-state index contributed by atoms with van der Waals surface area (Å²) >= 11 is 0. The van der Waals surface area contributed by atoms with Crippen LogP contribution in [0.25, 0.3) is 10.9 Å². The van der Waals surface area contributed by atoms with Gasteiger partial charge in [0.1, 0.15) is 0 Å². The van der Waals surface area contributed by atoms with Gasteiger partial charge < -0.3 is 16.4 Å². The molecule has 0 unspecified atom stereocenters. The molecule has 0 spiro atoms. The number of aryl methyl sites for hydroxylation is 1. The van der Waals surface area contributed by atoms with Gasteiger partial charge in [-0.05, 0) is 42.3 Å². The van der Waals surface area contributed by atoms with Crippen molar-refractivity contribution in [2.24, 2.45) is 0 Å². The second kappa shape index (κ2) is 7.25. The molecule has 4 aromatic rings. The summed E-state index contributed by atoms with van der Waals surface area (Å²) < 4.78 is 0. The fraction of sp³-hybridized carbons (Fsp3) is 0.100. The Kier molecular flexibility index (Phi) is 4.49. The van der Waals surface area contributed by atoms with Gasteiger partial charge in [-0.1, -0.05) is 12.1 Å². The first-order valence-corrected chi connectivity index (χ1v) is 8.56. The van der Waals surface area contributed by atoms with E-state index in [0.717, 1.165) is 27.7 Å². The Bertz CT molecular complexity index is 1090. The first-order valence-electron chi connectivity index (χ1n) is 8.56. The third-order valence-electron chi connectivity index (χ3n) is 4.08. The molecule has 7 nitrogen and oxygen atoms in total. The van der Waals surface area contributed by atoms with E-state index in [-0.39, 0.29) is 0 Å². The van der Waals surface area contributed by atoms with E-state index >= 15 is 0 Å². The molecule has 0 radical (unpaired) electrons. The maximum absolute atomic E-state index is 5.98. The van der Waals surface area contributed by atoms with Crippen molar-refractivity contribution in [3.63, 3.8) is 0 Å². The Labute approximate surface area is 156 Å². The minimum absolute atomic E-state index is 0.352. The molecule has 27 heavy (non-hydrogen) atoms. The lowest BCUT2D eigenvalue weighted by Crippen LogP contribution is -2.08. The van der Waals surface area contributed by atoms with Gasteiger partial charge in [-0.25, -0.2) is 9.97 Å². The molecule has 0 bridgehead atoms. The molecule has 0 atom stereocenters. The Morgan fingerprint density at radius 1 is 1.04 bits per heavy atom. The first-order chi connectivity index (χ1) is 13.2. The van der Waals surface area contributed by atoms with Crippen LogP contribution in [0, 0.1) is 6.92 Å². The van der Waals surface area contributed by atoms with Gasteiger partial charge in [0, 0.05) is 24.3 Å². The zero-order valence-electron chi connectivity index (χ0n) is 14.8. The minimum atomic E-state index is 0.352. The van der Waals surface area contributed by atoms with Crippen LogP contribution in [0.4, 0.5) is 23.1 Å². The highest BCUT2D eigenvalue weighted by molar-refractivity contribution is 5.79. The van der Waals surface area contributed by atoms with Crippen molar-refractivity contribution in [1.29, 1.82) is 0 Å². The highest BCUT2D eigenvalue weighted by Gasteiger charge is 2.06. The summed E-state index contributed by atoms with van der Waals surface area (Å²) in [4.78, 5) is 17.2. The molecule has 0 amide bonds. The van der Waals surface area contributed by atoms with E-state index in [4.69, 9.17) is 5.73 Å². The molecule has 0 saturated carbocycles. The number of hydrogen-bond donors (Lipinski definition) is 3. The van der Waals surface area contributed by atoms with Crippen LogP contribution in [-0.2, 0) is 6.54 Å². The molecule has 1 aromatic carbocycles. The van der Waals surface area contributed by atoms with Crippen molar-refractivity contribution in [2.75, 3.05) is 16.4 Å². The summed E-state index contributed by atoms with van der Waals surface area (Å²) in [5.41, 5.74) is 9.97. The second-order valence-electron chi connectivity index (χ2n) is 6.25. The molecule has 4 rings (SSSR count). The molecule has 7 heteroatoms. The molecule has 0 aliphatic carbocycles. The quantitative estimate of drug-likeness (QED) is 0.501. The van der Waals surface area contributed by atoms with Gasteiger partial charge in [-0.2, -0.15) is 0 Å². The van der Waals surface area contributed by atoms with Crippen LogP contribution < -0.4 is 16.4 Å². The predicted octanol–water partition coefficient (Wildman–Crippen LogP) is 3.67. The van der Waals surface area contributed by atoms with Crippen molar-refractivity contribution in [3.05, 3.63) is 72.3 Å². The van der Waals surface area contributed by atoms with Gasteiger partial charge in [-0.15, -0.1) is 0 Å². The number of fused-ring (bicyclic) bond motifs is 1. The Morgan fingerprint density at radius 2 is 1.96 bits per heavy atom. The van der Waals surface area contributed by atoms with Gasteiger partial charge in [0.05, 0.1) is 23.6 Å². The number of nitrogens with two attached hydrogens (primary N) is 1. The first kappa shape index (κ1) is 16.7. The van der Waals surface area contributed by atoms with Gasteiger partial charge in [0.15, 0.2) is 17.5 Å². The van der Waals surface area contributed by atoms with E-state index in [2.05, 4.69) is 36.6 Å². The SMILES string of the molecule is Cc1cncc(Nc2cnc(N)c(NCc3ccc4ncccc4c3)n2)c1. The smallest absolute Gasteiger partial charge is 0.171 e. The summed E-state index contributed by atoms with van der Waals surface area (Å²) in [6.45, 7) is 2.57. The molecule has 0 aliphatic heterocycles. The number of pyridine rings is 2. The minimum Gasteiger partial charge on any atom is -0.381 e. The number of hydrogen-bond acceptors (Lipinski definition) is 7. The van der Waals surface area contributed by atoms with Crippen LogP contribution in [0.5, 0.6) is 0 Å². The maximum Gasteiger partial charge on any atom is 0.171 e. The predicted molar refractivity (Wildman–Crippen MR) is 108 cm³/mol. The zero-order valence-corrected chi connectivity index (χ0v) is 14.8. The van der Waals surface area contributed by atoms with Crippen molar-refractivity contribution >= 4 is 34.0 Å². The lowest BCUT2D eigenvalue weighted by molar-refractivity contribution is 1.09. The van der Waals surface area contributed by atoms with Crippen LogP contribution in [0.3, 0.4) is 0 Å². The topological polar surface area (TPSA) is 102 Å². The van der Waals surface area contributed by atoms with Crippen molar-refractivity contribution in [1.82, 2.24) is 19.9 Å². The molecule has 3 aromatic heterocycles. The lowest BCUT2D eigenvalue weighted by Gasteiger charge is -2.11. The van der Waals surface area contributed by atoms with Gasteiger partial charge >= 0.3 is 0 Å². The average molecular weight is 357 g/mol. The van der Waals surface area contributed by atoms with Crippen molar-refractivity contribution in [3.8, 4) is 0 Å². The monoisotopic (exact) mass is 357 g/mol. The van der Waals surface area contributed by atoms with Crippen LogP contribution in [0.2, 0.25) is 0 Å². The van der Waals surface area contributed by atoms with E-state index in [1.165, 1.54) is 0 Å². The van der Waals surface area contributed by atoms with Crippen molar-refractivity contribution in [2.45, 2.75) is 13.5 Å². The number of benzene rings is 1. The molecule has 134 valence electrons. The highest BCUT2D eigenvalue weighted by atomic mass is 15.1. The normalized spacial score (nSPS) is 10.7. The highest BCUT2D eigenvalue weighted by Crippen LogP contribution is 2.20. The number of rotatable bonds is 5. The number of aromatic nitrogens is 4. The van der Waals surface area contributed by atoms with Crippen LogP contribution in [0.1, 0.15) is 11.1 Å². The Morgan fingerprint density at radius 3 is 2.85 bits per heavy atom. The number of nitrogens with zero attached hydrogens (tertiary/aromatic N) is 4. The fourth-order valence-electron chi connectivity index (χ4n) is 2.78. The standard InChI is InChI=1S/C20H19N7/c1-13-7-16(11-22-9-13)26-18-12-24-19(21)20(27-18)25-10-14-4-5-17-15(8-14)3-2-6-23-17/h2-9,11-12H,10H2,1H3,(H2,21,24)(H2,25,26,27). The molecule has 3 heterocycles. The van der Waals surface area contributed by atoms with Crippen LogP contribution in [0.15, 0.2) is 61.2 Å². The van der Waals surface area contributed by atoms with Gasteiger partial charge in [0.25, 0.3) is 0 Å². The average Bonchev–Trinajstić information content (AvgIpc) is 2.68. The molecular weight excluding hydrogens is 338 g/mol. The van der Waals surface area contributed by atoms with E-state index in [9.17, 15) is 0 Å². The van der Waals surface area contributed by atoms with Crippen LogP contribution in [-0.4, -0.2) is 19.9 Å². The molecule has 0 saturated heterocycles.